The summed E-state index contributed by atoms with van der Waals surface area (Å²) in [5.74, 6) is 0.412. The summed E-state index contributed by atoms with van der Waals surface area (Å²) >= 11 is 1.41. The van der Waals surface area contributed by atoms with Gasteiger partial charge in [0.15, 0.2) is 5.13 Å². The Bertz CT molecular complexity index is 595. The first-order chi connectivity index (χ1) is 8.99. The number of anilines is 2. The van der Waals surface area contributed by atoms with Crippen LogP contribution in [0.5, 0.6) is 5.75 Å². The fraction of sp³-hybridized carbons (Fsp3) is 0.231. The largest absolute Gasteiger partial charge is 0.508 e. The Morgan fingerprint density at radius 2 is 2.21 bits per heavy atom. The maximum absolute atomic E-state index is 11.6. The maximum Gasteiger partial charge on any atom is 0.325 e. The number of phenols is 1. The van der Waals surface area contributed by atoms with Crippen LogP contribution in [0.2, 0.25) is 0 Å². The van der Waals surface area contributed by atoms with Crippen LogP contribution in [0.15, 0.2) is 30.5 Å². The summed E-state index contributed by atoms with van der Waals surface area (Å²) in [7, 11) is 0. The van der Waals surface area contributed by atoms with Crippen LogP contribution in [0.25, 0.3) is 0 Å². The molecule has 2 rings (SSSR count). The third-order valence-electron chi connectivity index (χ3n) is 2.58. The van der Waals surface area contributed by atoms with Crippen LogP contribution >= 0.6 is 11.3 Å². The smallest absolute Gasteiger partial charge is 0.325 e. The number of urea groups is 1. The number of aromatic hydroxyl groups is 1. The van der Waals surface area contributed by atoms with Crippen LogP contribution in [0, 0.1) is 0 Å². The number of phenolic OH excluding ortho intramolecular Hbond substituents is 1. The van der Waals surface area contributed by atoms with Crippen LogP contribution in [-0.4, -0.2) is 16.1 Å². The molecule has 0 radical (unpaired) electrons. The number of rotatable bonds is 3. The Morgan fingerprint density at radius 1 is 1.47 bits per heavy atom. The Labute approximate surface area is 115 Å². The number of amides is 2. The molecule has 0 aliphatic heterocycles. The van der Waals surface area contributed by atoms with Crippen molar-refractivity contribution < 1.29 is 9.90 Å². The monoisotopic (exact) mass is 277 g/mol. The molecule has 3 N–H and O–H groups in total. The number of aromatic nitrogens is 1. The second-order valence-corrected chi connectivity index (χ2v) is 5.43. The molecule has 0 saturated carbocycles. The Morgan fingerprint density at radius 3 is 2.74 bits per heavy atom. The van der Waals surface area contributed by atoms with E-state index in [-0.39, 0.29) is 5.75 Å². The summed E-state index contributed by atoms with van der Waals surface area (Å²) in [6.07, 6.45) is 1.74. The standard InChI is InChI=1S/C13H15N3O2S/c1-8(2)11-7-15-13(19-11)16(12(14)18)9-4-3-5-10(17)6-9/h3-8,17H,1-2H3,(H2,14,18). The molecule has 5 nitrogen and oxygen atoms in total. The zero-order valence-electron chi connectivity index (χ0n) is 10.7. The van der Waals surface area contributed by atoms with Gasteiger partial charge in [-0.15, -0.1) is 11.3 Å². The normalized spacial score (nSPS) is 10.7. The summed E-state index contributed by atoms with van der Waals surface area (Å²) in [5.41, 5.74) is 5.91. The van der Waals surface area contributed by atoms with Gasteiger partial charge in [-0.1, -0.05) is 19.9 Å². The highest BCUT2D eigenvalue weighted by molar-refractivity contribution is 7.15. The molecule has 1 heterocycles. The molecule has 6 heteroatoms. The predicted molar refractivity (Wildman–Crippen MR) is 76.0 cm³/mol. The van der Waals surface area contributed by atoms with Crippen molar-refractivity contribution in [3.05, 3.63) is 35.3 Å². The minimum Gasteiger partial charge on any atom is -0.508 e. The highest BCUT2D eigenvalue weighted by Gasteiger charge is 2.19. The molecular formula is C13H15N3O2S. The lowest BCUT2D eigenvalue weighted by atomic mass is 10.2. The van der Waals surface area contributed by atoms with E-state index in [0.717, 1.165) is 4.88 Å². The molecule has 2 amide bonds. The number of carbonyl (C=O) groups excluding carboxylic acids is 1. The number of hydrogen-bond donors (Lipinski definition) is 2. The molecule has 0 unspecified atom stereocenters. The molecular weight excluding hydrogens is 262 g/mol. The minimum atomic E-state index is -0.629. The fourth-order valence-corrected chi connectivity index (χ4v) is 2.56. The number of nitrogens with two attached hydrogens (primary N) is 1. The Balaban J connectivity index is 2.42. The summed E-state index contributed by atoms with van der Waals surface area (Å²) in [6, 6.07) is 5.72. The average molecular weight is 277 g/mol. The topological polar surface area (TPSA) is 79.5 Å². The first-order valence-electron chi connectivity index (χ1n) is 5.83. The van der Waals surface area contributed by atoms with Crippen molar-refractivity contribution in [2.24, 2.45) is 5.73 Å². The van der Waals surface area contributed by atoms with E-state index < -0.39 is 6.03 Å². The summed E-state index contributed by atoms with van der Waals surface area (Å²) in [5, 5.41) is 9.99. The molecule has 0 aliphatic carbocycles. The molecule has 0 fully saturated rings. The van der Waals surface area contributed by atoms with E-state index in [2.05, 4.69) is 18.8 Å². The van der Waals surface area contributed by atoms with E-state index in [4.69, 9.17) is 5.73 Å². The van der Waals surface area contributed by atoms with Gasteiger partial charge in [-0.3, -0.25) is 0 Å². The van der Waals surface area contributed by atoms with Gasteiger partial charge in [0.05, 0.1) is 5.69 Å². The van der Waals surface area contributed by atoms with Crippen LogP contribution in [-0.2, 0) is 0 Å². The first-order valence-corrected chi connectivity index (χ1v) is 6.65. The third-order valence-corrected chi connectivity index (χ3v) is 3.86. The molecule has 0 bridgehead atoms. The van der Waals surface area contributed by atoms with E-state index >= 15 is 0 Å². The fourth-order valence-electron chi connectivity index (χ4n) is 1.61. The van der Waals surface area contributed by atoms with Crippen LogP contribution in [0.1, 0.15) is 24.6 Å². The summed E-state index contributed by atoms with van der Waals surface area (Å²) in [6.45, 7) is 4.11. The molecule has 0 atom stereocenters. The maximum atomic E-state index is 11.6. The van der Waals surface area contributed by atoms with Crippen molar-refractivity contribution in [1.29, 1.82) is 0 Å². The summed E-state index contributed by atoms with van der Waals surface area (Å²) in [4.78, 5) is 18.2. The lowest BCUT2D eigenvalue weighted by Gasteiger charge is -2.17. The lowest BCUT2D eigenvalue weighted by Crippen LogP contribution is -2.31. The van der Waals surface area contributed by atoms with Crippen molar-refractivity contribution in [2.75, 3.05) is 4.90 Å². The number of benzene rings is 1. The van der Waals surface area contributed by atoms with Crippen LogP contribution in [0.3, 0.4) is 0 Å². The van der Waals surface area contributed by atoms with E-state index in [9.17, 15) is 9.90 Å². The lowest BCUT2D eigenvalue weighted by molar-refractivity contribution is 0.256. The highest BCUT2D eigenvalue weighted by Crippen LogP contribution is 2.33. The second kappa shape index (κ2) is 5.27. The molecule has 19 heavy (non-hydrogen) atoms. The van der Waals surface area contributed by atoms with Crippen molar-refractivity contribution >= 4 is 28.2 Å². The van der Waals surface area contributed by atoms with Gasteiger partial charge in [-0.05, 0) is 18.1 Å². The minimum absolute atomic E-state index is 0.0735. The zero-order valence-corrected chi connectivity index (χ0v) is 11.5. The number of nitrogens with zero attached hydrogens (tertiary/aromatic N) is 2. The number of thiazole rings is 1. The van der Waals surface area contributed by atoms with Crippen LogP contribution in [0.4, 0.5) is 15.6 Å². The first kappa shape index (κ1) is 13.4. The Kier molecular flexibility index (Phi) is 3.71. The molecule has 0 aliphatic rings. The van der Waals surface area contributed by atoms with Crippen molar-refractivity contribution in [3.63, 3.8) is 0 Å². The van der Waals surface area contributed by atoms with Gasteiger partial charge < -0.3 is 10.8 Å². The predicted octanol–water partition coefficient (Wildman–Crippen LogP) is 3.19. The van der Waals surface area contributed by atoms with Gasteiger partial charge >= 0.3 is 6.03 Å². The molecule has 0 saturated heterocycles. The summed E-state index contributed by atoms with van der Waals surface area (Å²) < 4.78 is 0. The van der Waals surface area contributed by atoms with Crippen molar-refractivity contribution in [1.82, 2.24) is 4.98 Å². The van der Waals surface area contributed by atoms with Gasteiger partial charge in [-0.25, -0.2) is 14.7 Å². The quantitative estimate of drug-likeness (QED) is 0.904. The highest BCUT2D eigenvalue weighted by atomic mass is 32.1. The van der Waals surface area contributed by atoms with Crippen molar-refractivity contribution in [3.8, 4) is 5.75 Å². The van der Waals surface area contributed by atoms with Gasteiger partial charge in [0.25, 0.3) is 0 Å². The molecule has 0 spiro atoms. The molecule has 1 aromatic heterocycles. The van der Waals surface area contributed by atoms with E-state index in [1.165, 1.54) is 28.4 Å². The second-order valence-electron chi connectivity index (χ2n) is 4.39. The van der Waals surface area contributed by atoms with Gasteiger partial charge in [0.1, 0.15) is 5.75 Å². The van der Waals surface area contributed by atoms with Gasteiger partial charge in [0.2, 0.25) is 0 Å². The van der Waals surface area contributed by atoms with Gasteiger partial charge in [0, 0.05) is 17.1 Å². The van der Waals surface area contributed by atoms with Gasteiger partial charge in [-0.2, -0.15) is 0 Å². The van der Waals surface area contributed by atoms with Crippen molar-refractivity contribution in [2.45, 2.75) is 19.8 Å². The zero-order chi connectivity index (χ0) is 14.0. The number of hydrogen-bond acceptors (Lipinski definition) is 4. The van der Waals surface area contributed by atoms with E-state index in [1.807, 2.05) is 0 Å². The molecule has 1 aromatic carbocycles. The average Bonchev–Trinajstić information content (AvgIpc) is 2.78. The SMILES string of the molecule is CC(C)c1cnc(N(C(N)=O)c2cccc(O)c2)s1. The van der Waals surface area contributed by atoms with Crippen LogP contribution < -0.4 is 10.6 Å². The molecule has 2 aromatic rings. The molecule has 100 valence electrons. The number of primary amides is 1. The third kappa shape index (κ3) is 2.85. The van der Waals surface area contributed by atoms with E-state index in [1.54, 1.807) is 18.3 Å². The Hall–Kier alpha value is -2.08. The number of carbonyl (C=O) groups is 1. The van der Waals surface area contributed by atoms with E-state index in [0.29, 0.717) is 16.7 Å².